The Kier molecular flexibility index (Phi) is 3.82. The number of urea groups is 1. The van der Waals surface area contributed by atoms with Gasteiger partial charge in [0.05, 0.1) is 0 Å². The van der Waals surface area contributed by atoms with Crippen molar-refractivity contribution in [3.05, 3.63) is 42.8 Å². The van der Waals surface area contributed by atoms with Crippen LogP contribution in [0.5, 0.6) is 0 Å². The molecular weight excluding hydrogens is 164 g/mol. The minimum Gasteiger partial charge on any atom is -0.338 e. The average molecular weight is 177 g/mol. The van der Waals surface area contributed by atoms with E-state index in [4.69, 9.17) is 0 Å². The Morgan fingerprint density at radius 1 is 1.23 bits per heavy atom. The molecule has 0 aliphatic heterocycles. The molecule has 0 saturated carbocycles. The van der Waals surface area contributed by atoms with Crippen LogP contribution in [-0.4, -0.2) is 12.6 Å². The fourth-order valence-corrected chi connectivity index (χ4v) is 0.954. The second-order valence-corrected chi connectivity index (χ2v) is 2.60. The van der Waals surface area contributed by atoms with Crippen LogP contribution in [0.15, 0.2) is 30.3 Å². The van der Waals surface area contributed by atoms with Gasteiger partial charge in [-0.05, 0) is 12.5 Å². The Hall–Kier alpha value is -1.51. The Labute approximate surface area is 78.2 Å². The normalized spacial score (nSPS) is 9.31. The van der Waals surface area contributed by atoms with Crippen molar-refractivity contribution in [1.82, 2.24) is 10.6 Å². The van der Waals surface area contributed by atoms with E-state index in [2.05, 4.69) is 17.6 Å². The Bertz CT molecular complexity index is 259. The summed E-state index contributed by atoms with van der Waals surface area (Å²) in [5, 5.41) is 5.26. The molecule has 0 aliphatic rings. The molecule has 13 heavy (non-hydrogen) atoms. The Morgan fingerprint density at radius 2 is 1.92 bits per heavy atom. The summed E-state index contributed by atoms with van der Waals surface area (Å²) < 4.78 is 0. The molecule has 0 aliphatic carbocycles. The number of hydrogen-bond acceptors (Lipinski definition) is 1. The van der Waals surface area contributed by atoms with Crippen LogP contribution in [0.4, 0.5) is 4.79 Å². The van der Waals surface area contributed by atoms with E-state index in [0.717, 1.165) is 5.56 Å². The SMILES string of the molecule is [CH2]CNC(=O)NCc1ccccc1. The number of carbonyl (C=O) groups excluding carboxylic acids is 1. The summed E-state index contributed by atoms with van der Waals surface area (Å²) >= 11 is 0. The zero-order valence-electron chi connectivity index (χ0n) is 7.42. The first-order valence-electron chi connectivity index (χ1n) is 4.18. The van der Waals surface area contributed by atoms with E-state index in [1.807, 2.05) is 30.3 Å². The monoisotopic (exact) mass is 177 g/mol. The lowest BCUT2D eigenvalue weighted by Gasteiger charge is -2.04. The van der Waals surface area contributed by atoms with Gasteiger partial charge in [0, 0.05) is 13.1 Å². The number of carbonyl (C=O) groups is 1. The molecule has 0 heterocycles. The minimum absolute atomic E-state index is 0.182. The third kappa shape index (κ3) is 3.60. The van der Waals surface area contributed by atoms with Crippen LogP contribution in [0.2, 0.25) is 0 Å². The first kappa shape index (κ1) is 9.58. The second kappa shape index (κ2) is 5.19. The van der Waals surface area contributed by atoms with Crippen molar-refractivity contribution < 1.29 is 4.79 Å². The summed E-state index contributed by atoms with van der Waals surface area (Å²) in [6, 6.07) is 9.57. The van der Waals surface area contributed by atoms with E-state index in [0.29, 0.717) is 13.1 Å². The van der Waals surface area contributed by atoms with Crippen LogP contribution in [0, 0.1) is 6.92 Å². The first-order valence-corrected chi connectivity index (χ1v) is 4.18. The van der Waals surface area contributed by atoms with Crippen LogP contribution >= 0.6 is 0 Å². The summed E-state index contributed by atoms with van der Waals surface area (Å²) in [6.45, 7) is 4.46. The highest BCUT2D eigenvalue weighted by molar-refractivity contribution is 5.73. The zero-order chi connectivity index (χ0) is 9.52. The number of amides is 2. The fraction of sp³-hybridized carbons (Fsp3) is 0.200. The largest absolute Gasteiger partial charge is 0.338 e. The predicted octanol–water partition coefficient (Wildman–Crippen LogP) is 1.32. The smallest absolute Gasteiger partial charge is 0.315 e. The van der Waals surface area contributed by atoms with Gasteiger partial charge in [-0.1, -0.05) is 30.3 Å². The lowest BCUT2D eigenvalue weighted by atomic mass is 10.2. The van der Waals surface area contributed by atoms with Crippen molar-refractivity contribution in [3.8, 4) is 0 Å². The topological polar surface area (TPSA) is 41.1 Å². The fourth-order valence-electron chi connectivity index (χ4n) is 0.954. The van der Waals surface area contributed by atoms with Crippen molar-refractivity contribution in [2.75, 3.05) is 6.54 Å². The summed E-state index contributed by atoms with van der Waals surface area (Å²) in [7, 11) is 0. The highest BCUT2D eigenvalue weighted by Gasteiger charge is 1.96. The van der Waals surface area contributed by atoms with Gasteiger partial charge >= 0.3 is 6.03 Å². The molecule has 2 N–H and O–H groups in total. The molecule has 0 unspecified atom stereocenters. The van der Waals surface area contributed by atoms with Gasteiger partial charge in [0.2, 0.25) is 0 Å². The summed E-state index contributed by atoms with van der Waals surface area (Å²) in [4.78, 5) is 11.0. The van der Waals surface area contributed by atoms with E-state index >= 15 is 0 Å². The maximum absolute atomic E-state index is 11.0. The van der Waals surface area contributed by atoms with Gasteiger partial charge in [-0.15, -0.1) is 0 Å². The van der Waals surface area contributed by atoms with Gasteiger partial charge in [0.15, 0.2) is 0 Å². The molecule has 0 bridgehead atoms. The quantitative estimate of drug-likeness (QED) is 0.718. The van der Waals surface area contributed by atoms with E-state index < -0.39 is 0 Å². The van der Waals surface area contributed by atoms with Gasteiger partial charge in [-0.3, -0.25) is 0 Å². The first-order chi connectivity index (χ1) is 6.33. The molecule has 0 aromatic heterocycles. The standard InChI is InChI=1S/C10H13N2O/c1-2-11-10(13)12-8-9-6-4-3-5-7-9/h3-7H,1-2,8H2,(H2,11,12,13). The summed E-state index contributed by atoms with van der Waals surface area (Å²) in [6.07, 6.45) is 0. The van der Waals surface area contributed by atoms with Crippen molar-refractivity contribution in [2.24, 2.45) is 0 Å². The number of benzene rings is 1. The highest BCUT2D eigenvalue weighted by atomic mass is 16.2. The average Bonchev–Trinajstić information content (AvgIpc) is 2.17. The molecule has 1 aromatic carbocycles. The number of nitrogens with one attached hydrogen (secondary N) is 2. The summed E-state index contributed by atoms with van der Waals surface area (Å²) in [5.41, 5.74) is 1.08. The molecule has 3 nitrogen and oxygen atoms in total. The Balaban J connectivity index is 2.31. The van der Waals surface area contributed by atoms with Crippen molar-refractivity contribution >= 4 is 6.03 Å². The van der Waals surface area contributed by atoms with Crippen LogP contribution in [0.3, 0.4) is 0 Å². The molecule has 0 atom stereocenters. The lowest BCUT2D eigenvalue weighted by Crippen LogP contribution is -2.34. The molecule has 69 valence electrons. The van der Waals surface area contributed by atoms with E-state index in [1.54, 1.807) is 0 Å². The zero-order valence-corrected chi connectivity index (χ0v) is 7.42. The van der Waals surface area contributed by atoms with E-state index in [9.17, 15) is 4.79 Å². The van der Waals surface area contributed by atoms with Gasteiger partial charge in [-0.25, -0.2) is 4.79 Å². The van der Waals surface area contributed by atoms with Crippen LogP contribution in [-0.2, 0) is 6.54 Å². The van der Waals surface area contributed by atoms with Crippen LogP contribution in [0.25, 0.3) is 0 Å². The second-order valence-electron chi connectivity index (χ2n) is 2.60. The minimum atomic E-state index is -0.182. The molecule has 1 radical (unpaired) electrons. The molecule has 1 aromatic rings. The van der Waals surface area contributed by atoms with Gasteiger partial charge in [0.25, 0.3) is 0 Å². The third-order valence-corrected chi connectivity index (χ3v) is 1.58. The third-order valence-electron chi connectivity index (χ3n) is 1.58. The molecule has 0 fully saturated rings. The predicted molar refractivity (Wildman–Crippen MR) is 52.0 cm³/mol. The van der Waals surface area contributed by atoms with Gasteiger partial charge in [0.1, 0.15) is 0 Å². The maximum atomic E-state index is 11.0. The molecule has 0 saturated heterocycles. The molecular formula is C10H13N2O. The van der Waals surface area contributed by atoms with E-state index in [-0.39, 0.29) is 6.03 Å². The van der Waals surface area contributed by atoms with E-state index in [1.165, 1.54) is 0 Å². The van der Waals surface area contributed by atoms with Gasteiger partial charge in [-0.2, -0.15) is 0 Å². The number of hydrogen-bond donors (Lipinski definition) is 2. The molecule has 2 amide bonds. The van der Waals surface area contributed by atoms with Crippen LogP contribution in [0.1, 0.15) is 5.56 Å². The summed E-state index contributed by atoms with van der Waals surface area (Å²) in [5.74, 6) is 0. The van der Waals surface area contributed by atoms with Crippen molar-refractivity contribution in [2.45, 2.75) is 6.54 Å². The van der Waals surface area contributed by atoms with Crippen molar-refractivity contribution in [1.29, 1.82) is 0 Å². The lowest BCUT2D eigenvalue weighted by molar-refractivity contribution is 0.241. The Morgan fingerprint density at radius 3 is 2.54 bits per heavy atom. The van der Waals surface area contributed by atoms with Crippen LogP contribution < -0.4 is 10.6 Å². The maximum Gasteiger partial charge on any atom is 0.315 e. The van der Waals surface area contributed by atoms with Crippen molar-refractivity contribution in [3.63, 3.8) is 0 Å². The highest BCUT2D eigenvalue weighted by Crippen LogP contribution is 1.96. The molecule has 3 heteroatoms. The van der Waals surface area contributed by atoms with Gasteiger partial charge < -0.3 is 10.6 Å². The number of rotatable bonds is 3. The molecule has 1 rings (SSSR count). The molecule has 0 spiro atoms.